The number of nitrogens with one attached hydrogen (secondary N) is 2. The van der Waals surface area contributed by atoms with Gasteiger partial charge in [-0.1, -0.05) is 19.1 Å². The number of aromatic nitrogens is 2. The summed E-state index contributed by atoms with van der Waals surface area (Å²) < 4.78 is 5.81. The summed E-state index contributed by atoms with van der Waals surface area (Å²) in [6.45, 7) is 5.66. The van der Waals surface area contributed by atoms with Gasteiger partial charge in [-0.05, 0) is 32.5 Å². The summed E-state index contributed by atoms with van der Waals surface area (Å²) in [6, 6.07) is 8.06. The molecule has 19 heavy (non-hydrogen) atoms. The summed E-state index contributed by atoms with van der Waals surface area (Å²) in [7, 11) is 1.94. The maximum atomic E-state index is 5.81. The number of aryl methyl sites for hydroxylation is 1. The lowest BCUT2D eigenvalue weighted by Crippen LogP contribution is -2.07. The van der Waals surface area contributed by atoms with Gasteiger partial charge >= 0.3 is 0 Å². The van der Waals surface area contributed by atoms with Crippen LogP contribution in [0, 0.1) is 6.92 Å². The molecule has 0 amide bonds. The van der Waals surface area contributed by atoms with Crippen molar-refractivity contribution in [2.24, 2.45) is 0 Å². The first kappa shape index (κ1) is 13.6. The third-order valence-electron chi connectivity index (χ3n) is 3.03. The van der Waals surface area contributed by atoms with Gasteiger partial charge in [0.2, 0.25) is 0 Å². The second-order valence-electron chi connectivity index (χ2n) is 4.55. The summed E-state index contributed by atoms with van der Waals surface area (Å²) in [5.74, 6) is 0.896. The zero-order valence-corrected chi connectivity index (χ0v) is 11.8. The molecule has 0 radical (unpaired) electrons. The minimum Gasteiger partial charge on any atom is -0.493 e. The van der Waals surface area contributed by atoms with E-state index in [0.717, 1.165) is 42.3 Å². The second kappa shape index (κ2) is 6.38. The molecule has 0 aliphatic rings. The summed E-state index contributed by atoms with van der Waals surface area (Å²) in [6.07, 6.45) is 0.997. The molecule has 0 bridgehead atoms. The van der Waals surface area contributed by atoms with Gasteiger partial charge in [-0.3, -0.25) is 5.10 Å². The maximum absolute atomic E-state index is 5.81. The van der Waals surface area contributed by atoms with Crippen LogP contribution in [0.4, 0.5) is 0 Å². The van der Waals surface area contributed by atoms with Crippen LogP contribution in [0.25, 0.3) is 11.3 Å². The lowest BCUT2D eigenvalue weighted by molar-refractivity contribution is 0.318. The average Bonchev–Trinajstić information content (AvgIpc) is 2.79. The molecule has 2 rings (SSSR count). The molecule has 4 nitrogen and oxygen atoms in total. The molecule has 0 spiro atoms. The van der Waals surface area contributed by atoms with Crippen LogP contribution in [0.15, 0.2) is 24.3 Å². The highest BCUT2D eigenvalue weighted by Gasteiger charge is 2.15. The molecule has 0 fully saturated rings. The highest BCUT2D eigenvalue weighted by atomic mass is 16.5. The van der Waals surface area contributed by atoms with Crippen molar-refractivity contribution in [2.75, 3.05) is 13.7 Å². The van der Waals surface area contributed by atoms with Crippen molar-refractivity contribution in [1.29, 1.82) is 0 Å². The Morgan fingerprint density at radius 2 is 2.11 bits per heavy atom. The number of benzene rings is 1. The van der Waals surface area contributed by atoms with Crippen LogP contribution in [0.3, 0.4) is 0 Å². The number of ether oxygens (including phenoxy) is 1. The second-order valence-corrected chi connectivity index (χ2v) is 4.55. The molecule has 0 atom stereocenters. The van der Waals surface area contributed by atoms with E-state index in [2.05, 4.69) is 28.5 Å². The van der Waals surface area contributed by atoms with Gasteiger partial charge in [0.05, 0.1) is 6.61 Å². The molecule has 102 valence electrons. The number of nitrogens with zero attached hydrogens (tertiary/aromatic N) is 1. The Hall–Kier alpha value is -1.81. The third-order valence-corrected chi connectivity index (χ3v) is 3.03. The molecule has 1 aromatic heterocycles. The van der Waals surface area contributed by atoms with Crippen LogP contribution in [0.1, 0.15) is 24.6 Å². The molecule has 0 saturated heterocycles. The normalized spacial score (nSPS) is 10.7. The summed E-state index contributed by atoms with van der Waals surface area (Å²) >= 11 is 0. The van der Waals surface area contributed by atoms with Crippen LogP contribution in [-0.4, -0.2) is 23.9 Å². The summed E-state index contributed by atoms with van der Waals surface area (Å²) in [5, 5.41) is 10.7. The molecule has 4 heteroatoms. The van der Waals surface area contributed by atoms with Crippen molar-refractivity contribution in [2.45, 2.75) is 26.8 Å². The van der Waals surface area contributed by atoms with E-state index in [1.807, 2.05) is 32.2 Å². The fraction of sp³-hybridized carbons (Fsp3) is 0.400. The van der Waals surface area contributed by atoms with Crippen molar-refractivity contribution < 1.29 is 4.74 Å². The van der Waals surface area contributed by atoms with Gasteiger partial charge in [0.1, 0.15) is 11.4 Å². The van der Waals surface area contributed by atoms with E-state index in [-0.39, 0.29) is 0 Å². The number of hydrogen-bond donors (Lipinski definition) is 2. The van der Waals surface area contributed by atoms with Gasteiger partial charge in [-0.15, -0.1) is 0 Å². The molecular weight excluding hydrogens is 238 g/mol. The van der Waals surface area contributed by atoms with Crippen molar-refractivity contribution in [3.05, 3.63) is 35.5 Å². The Morgan fingerprint density at radius 1 is 1.32 bits per heavy atom. The van der Waals surface area contributed by atoms with E-state index in [9.17, 15) is 0 Å². The van der Waals surface area contributed by atoms with Crippen molar-refractivity contribution in [3.63, 3.8) is 0 Å². The lowest BCUT2D eigenvalue weighted by Gasteiger charge is -2.10. The predicted octanol–water partition coefficient (Wildman–Crippen LogP) is 2.89. The number of aromatic amines is 1. The third kappa shape index (κ3) is 2.96. The van der Waals surface area contributed by atoms with Gasteiger partial charge in [-0.2, -0.15) is 5.10 Å². The van der Waals surface area contributed by atoms with Gasteiger partial charge < -0.3 is 10.1 Å². The lowest BCUT2D eigenvalue weighted by atomic mass is 10.1. The smallest absolute Gasteiger partial charge is 0.128 e. The SMILES string of the molecule is CCCOc1ccccc1-c1n[nH]c(C)c1CNC. The fourth-order valence-corrected chi connectivity index (χ4v) is 2.07. The quantitative estimate of drug-likeness (QED) is 0.838. The van der Waals surface area contributed by atoms with Crippen LogP contribution in [0.2, 0.25) is 0 Å². The first-order valence-corrected chi connectivity index (χ1v) is 6.68. The highest BCUT2D eigenvalue weighted by Crippen LogP contribution is 2.31. The first-order chi connectivity index (χ1) is 9.27. The molecule has 0 saturated carbocycles. The number of H-pyrrole nitrogens is 1. The molecule has 1 heterocycles. The van der Waals surface area contributed by atoms with Crippen LogP contribution in [0.5, 0.6) is 5.75 Å². The molecule has 2 N–H and O–H groups in total. The number of rotatable bonds is 6. The highest BCUT2D eigenvalue weighted by molar-refractivity contribution is 5.70. The van der Waals surface area contributed by atoms with E-state index >= 15 is 0 Å². The Kier molecular flexibility index (Phi) is 4.58. The molecule has 0 unspecified atom stereocenters. The monoisotopic (exact) mass is 259 g/mol. The van der Waals surface area contributed by atoms with Crippen LogP contribution in [-0.2, 0) is 6.54 Å². The van der Waals surface area contributed by atoms with E-state index in [1.165, 1.54) is 5.56 Å². The van der Waals surface area contributed by atoms with E-state index in [1.54, 1.807) is 0 Å². The zero-order valence-electron chi connectivity index (χ0n) is 11.8. The topological polar surface area (TPSA) is 49.9 Å². The van der Waals surface area contributed by atoms with Gasteiger partial charge in [0.15, 0.2) is 0 Å². The Bertz CT molecular complexity index is 534. The van der Waals surface area contributed by atoms with E-state index in [0.29, 0.717) is 0 Å². The summed E-state index contributed by atoms with van der Waals surface area (Å²) in [5.41, 5.74) is 4.30. The fourth-order valence-electron chi connectivity index (χ4n) is 2.07. The van der Waals surface area contributed by atoms with Crippen molar-refractivity contribution >= 4 is 0 Å². The number of para-hydroxylation sites is 1. The van der Waals surface area contributed by atoms with E-state index < -0.39 is 0 Å². The Labute approximate surface area is 114 Å². The standard InChI is InChI=1S/C15H21N3O/c1-4-9-19-14-8-6-5-7-12(14)15-13(10-16-3)11(2)17-18-15/h5-8,16H,4,9-10H2,1-3H3,(H,17,18). The Balaban J connectivity index is 2.40. The Morgan fingerprint density at radius 3 is 2.84 bits per heavy atom. The van der Waals surface area contributed by atoms with Crippen molar-refractivity contribution in [3.8, 4) is 17.0 Å². The van der Waals surface area contributed by atoms with Crippen molar-refractivity contribution in [1.82, 2.24) is 15.5 Å². The van der Waals surface area contributed by atoms with E-state index in [4.69, 9.17) is 4.74 Å². The first-order valence-electron chi connectivity index (χ1n) is 6.68. The average molecular weight is 259 g/mol. The molecule has 1 aromatic carbocycles. The van der Waals surface area contributed by atoms with Gasteiger partial charge in [0.25, 0.3) is 0 Å². The molecular formula is C15H21N3O. The van der Waals surface area contributed by atoms with Crippen LogP contribution < -0.4 is 10.1 Å². The van der Waals surface area contributed by atoms with Gasteiger partial charge in [-0.25, -0.2) is 0 Å². The van der Waals surface area contributed by atoms with Crippen LogP contribution >= 0.6 is 0 Å². The largest absolute Gasteiger partial charge is 0.493 e. The number of hydrogen-bond acceptors (Lipinski definition) is 3. The molecule has 2 aromatic rings. The summed E-state index contributed by atoms with van der Waals surface area (Å²) in [4.78, 5) is 0. The minimum absolute atomic E-state index is 0.724. The molecule has 0 aliphatic carbocycles. The maximum Gasteiger partial charge on any atom is 0.128 e. The minimum atomic E-state index is 0.724. The van der Waals surface area contributed by atoms with Gasteiger partial charge in [0, 0.05) is 23.4 Å². The predicted molar refractivity (Wildman–Crippen MR) is 77.3 cm³/mol. The molecule has 0 aliphatic heterocycles. The zero-order chi connectivity index (χ0) is 13.7.